The number of benzene rings is 1. The van der Waals surface area contributed by atoms with Crippen molar-refractivity contribution in [3.8, 4) is 0 Å². The fourth-order valence-electron chi connectivity index (χ4n) is 3.92. The van der Waals surface area contributed by atoms with Crippen molar-refractivity contribution in [1.29, 1.82) is 0 Å². The van der Waals surface area contributed by atoms with Gasteiger partial charge in [0, 0.05) is 12.1 Å². The number of anilines is 1. The second kappa shape index (κ2) is 9.33. The largest absolute Gasteiger partial charge is 0.360 e. The van der Waals surface area contributed by atoms with E-state index in [-0.39, 0.29) is 23.8 Å². The number of carbonyl (C=O) groups is 1. The maximum Gasteiger partial charge on any atom is 0.220 e. The number of piperazine rings is 1. The van der Waals surface area contributed by atoms with Gasteiger partial charge in [0.15, 0.2) is 0 Å². The first-order valence-electron chi connectivity index (χ1n) is 9.76. The van der Waals surface area contributed by atoms with Crippen molar-refractivity contribution in [2.45, 2.75) is 38.8 Å². The van der Waals surface area contributed by atoms with Crippen molar-refractivity contribution in [2.24, 2.45) is 0 Å². The highest BCUT2D eigenvalue weighted by Gasteiger charge is 2.34. The molecule has 1 fully saturated rings. The summed E-state index contributed by atoms with van der Waals surface area (Å²) in [6.45, 7) is 8.00. The van der Waals surface area contributed by atoms with Gasteiger partial charge in [-0.3, -0.25) is 4.79 Å². The molecule has 3 rings (SSSR count). The van der Waals surface area contributed by atoms with Crippen LogP contribution in [0, 0.1) is 5.82 Å². The number of hydrogen-bond acceptors (Lipinski definition) is 3. The van der Waals surface area contributed by atoms with Gasteiger partial charge in [0.25, 0.3) is 0 Å². The average Bonchev–Trinajstić information content (AvgIpc) is 3.17. The van der Waals surface area contributed by atoms with Crippen LogP contribution in [-0.2, 0) is 4.79 Å². The third-order valence-electron chi connectivity index (χ3n) is 5.25. The normalized spacial score (nSPS) is 17.5. The Labute approximate surface area is 165 Å². The van der Waals surface area contributed by atoms with Crippen molar-refractivity contribution in [2.75, 3.05) is 31.1 Å². The SMILES string of the molecule is CCCC(=O)N[C@H](C)[C@@H](c1cccs1)[NH+]1CCN(c2ccc(F)cc2)CC1. The molecule has 0 spiro atoms. The van der Waals surface area contributed by atoms with Gasteiger partial charge in [0.2, 0.25) is 5.91 Å². The third kappa shape index (κ3) is 5.08. The van der Waals surface area contributed by atoms with E-state index in [9.17, 15) is 9.18 Å². The number of nitrogens with zero attached hydrogens (tertiary/aromatic N) is 1. The predicted molar refractivity (Wildman–Crippen MR) is 109 cm³/mol. The second-order valence-corrected chi connectivity index (χ2v) is 8.20. The van der Waals surface area contributed by atoms with Gasteiger partial charge in [0.05, 0.1) is 37.1 Å². The Bertz CT molecular complexity index is 712. The molecule has 27 heavy (non-hydrogen) atoms. The molecule has 1 aromatic carbocycles. The lowest BCUT2D eigenvalue weighted by Gasteiger charge is -2.39. The van der Waals surface area contributed by atoms with E-state index in [1.54, 1.807) is 11.3 Å². The average molecular weight is 391 g/mol. The fourth-order valence-corrected chi connectivity index (χ4v) is 4.91. The van der Waals surface area contributed by atoms with Crippen LogP contribution < -0.4 is 15.1 Å². The van der Waals surface area contributed by atoms with Crippen LogP contribution in [0.5, 0.6) is 0 Å². The molecule has 0 radical (unpaired) electrons. The molecule has 1 aliphatic heterocycles. The van der Waals surface area contributed by atoms with Crippen LogP contribution in [0.3, 0.4) is 0 Å². The first kappa shape index (κ1) is 19.8. The first-order valence-corrected chi connectivity index (χ1v) is 10.6. The van der Waals surface area contributed by atoms with Crippen LogP contribution in [0.2, 0.25) is 0 Å². The van der Waals surface area contributed by atoms with E-state index in [0.717, 1.165) is 38.3 Å². The molecular formula is C21H29FN3OS+. The summed E-state index contributed by atoms with van der Waals surface area (Å²) in [6.07, 6.45) is 1.45. The molecular weight excluding hydrogens is 361 g/mol. The zero-order chi connectivity index (χ0) is 19.2. The number of amides is 1. The van der Waals surface area contributed by atoms with E-state index in [1.807, 2.05) is 19.1 Å². The van der Waals surface area contributed by atoms with Crippen LogP contribution in [0.15, 0.2) is 41.8 Å². The Morgan fingerprint density at radius 1 is 1.26 bits per heavy atom. The summed E-state index contributed by atoms with van der Waals surface area (Å²) in [6, 6.07) is 11.4. The van der Waals surface area contributed by atoms with E-state index in [0.29, 0.717) is 6.42 Å². The Balaban J connectivity index is 1.67. The molecule has 2 heterocycles. The van der Waals surface area contributed by atoms with Gasteiger partial charge in [-0.1, -0.05) is 13.0 Å². The van der Waals surface area contributed by atoms with E-state index in [4.69, 9.17) is 0 Å². The monoisotopic (exact) mass is 390 g/mol. The predicted octanol–water partition coefficient (Wildman–Crippen LogP) is 2.64. The molecule has 4 nitrogen and oxygen atoms in total. The Morgan fingerprint density at radius 2 is 1.96 bits per heavy atom. The molecule has 0 bridgehead atoms. The number of rotatable bonds is 7. The van der Waals surface area contributed by atoms with Gasteiger partial charge in [-0.05, 0) is 49.1 Å². The highest BCUT2D eigenvalue weighted by molar-refractivity contribution is 7.10. The summed E-state index contributed by atoms with van der Waals surface area (Å²) in [7, 11) is 0. The van der Waals surface area contributed by atoms with Gasteiger partial charge in [-0.15, -0.1) is 11.3 Å². The van der Waals surface area contributed by atoms with Crippen molar-refractivity contribution >= 4 is 22.9 Å². The molecule has 2 N–H and O–H groups in total. The fraction of sp³-hybridized carbons (Fsp3) is 0.476. The van der Waals surface area contributed by atoms with E-state index >= 15 is 0 Å². The van der Waals surface area contributed by atoms with E-state index in [2.05, 4.69) is 34.7 Å². The molecule has 2 aromatic rings. The quantitative estimate of drug-likeness (QED) is 0.763. The van der Waals surface area contributed by atoms with Crippen LogP contribution in [0.1, 0.15) is 37.6 Å². The van der Waals surface area contributed by atoms with Gasteiger partial charge < -0.3 is 15.1 Å². The smallest absolute Gasteiger partial charge is 0.220 e. The first-order chi connectivity index (χ1) is 13.1. The zero-order valence-electron chi connectivity index (χ0n) is 16.1. The molecule has 0 aliphatic carbocycles. The van der Waals surface area contributed by atoms with Crippen molar-refractivity contribution in [3.05, 3.63) is 52.5 Å². The van der Waals surface area contributed by atoms with E-state index in [1.165, 1.54) is 21.9 Å². The number of quaternary nitrogens is 1. The Morgan fingerprint density at radius 3 is 2.56 bits per heavy atom. The Kier molecular flexibility index (Phi) is 6.85. The lowest BCUT2D eigenvalue weighted by atomic mass is 10.0. The molecule has 1 amide bonds. The van der Waals surface area contributed by atoms with Crippen molar-refractivity contribution in [1.82, 2.24) is 5.32 Å². The van der Waals surface area contributed by atoms with Crippen LogP contribution in [0.4, 0.5) is 10.1 Å². The maximum absolute atomic E-state index is 13.2. The summed E-state index contributed by atoms with van der Waals surface area (Å²) < 4.78 is 13.2. The van der Waals surface area contributed by atoms with Crippen LogP contribution in [-0.4, -0.2) is 38.1 Å². The summed E-state index contributed by atoms with van der Waals surface area (Å²) in [5.74, 6) is -0.0617. The third-order valence-corrected chi connectivity index (χ3v) is 6.21. The van der Waals surface area contributed by atoms with Gasteiger partial charge >= 0.3 is 0 Å². The molecule has 0 unspecified atom stereocenters. The topological polar surface area (TPSA) is 36.8 Å². The summed E-state index contributed by atoms with van der Waals surface area (Å²) in [5, 5.41) is 5.32. The maximum atomic E-state index is 13.2. The molecule has 6 heteroatoms. The number of halogens is 1. The minimum absolute atomic E-state index is 0.0927. The summed E-state index contributed by atoms with van der Waals surface area (Å²) >= 11 is 1.76. The standard InChI is InChI=1S/C21H28FN3OS/c1-3-5-20(26)23-16(2)21(19-6-4-15-27-19)25-13-11-24(12-14-25)18-9-7-17(22)8-10-18/h4,6-10,15-16,21H,3,5,11-14H2,1-2H3,(H,23,26)/p+1/t16-,21+/m1/s1. The minimum Gasteiger partial charge on any atom is -0.360 e. The minimum atomic E-state index is -0.197. The van der Waals surface area contributed by atoms with Gasteiger partial charge in [-0.25, -0.2) is 4.39 Å². The van der Waals surface area contributed by atoms with Gasteiger partial charge in [-0.2, -0.15) is 0 Å². The summed E-state index contributed by atoms with van der Waals surface area (Å²) in [5.41, 5.74) is 1.08. The zero-order valence-corrected chi connectivity index (χ0v) is 16.9. The molecule has 1 aromatic heterocycles. The molecule has 146 valence electrons. The lowest BCUT2D eigenvalue weighted by Crippen LogP contribution is -3.16. The highest BCUT2D eigenvalue weighted by atomic mass is 32.1. The molecule has 1 saturated heterocycles. The number of thiophene rings is 1. The Hall–Kier alpha value is -1.92. The molecule has 2 atom stereocenters. The van der Waals surface area contributed by atoms with Crippen LogP contribution in [0.25, 0.3) is 0 Å². The van der Waals surface area contributed by atoms with Gasteiger partial charge in [0.1, 0.15) is 11.9 Å². The number of hydrogen-bond donors (Lipinski definition) is 2. The number of carbonyl (C=O) groups excluding carboxylic acids is 1. The molecule has 0 saturated carbocycles. The van der Waals surface area contributed by atoms with Crippen LogP contribution >= 0.6 is 11.3 Å². The van der Waals surface area contributed by atoms with E-state index < -0.39 is 0 Å². The number of nitrogens with one attached hydrogen (secondary N) is 2. The lowest BCUT2D eigenvalue weighted by molar-refractivity contribution is -0.933. The molecule has 1 aliphatic rings. The summed E-state index contributed by atoms with van der Waals surface area (Å²) in [4.78, 5) is 17.3. The highest BCUT2D eigenvalue weighted by Crippen LogP contribution is 2.21. The van der Waals surface area contributed by atoms with Crippen molar-refractivity contribution < 1.29 is 14.1 Å². The van der Waals surface area contributed by atoms with Crippen molar-refractivity contribution in [3.63, 3.8) is 0 Å². The second-order valence-electron chi connectivity index (χ2n) is 7.22.